The normalized spacial score (nSPS) is 28.5. The average Bonchev–Trinajstić information content (AvgIpc) is 3.19. The number of amides is 2. The van der Waals surface area contributed by atoms with Crippen LogP contribution in [0.5, 0.6) is 5.75 Å². The van der Waals surface area contributed by atoms with Crippen LogP contribution in [0.2, 0.25) is 0 Å². The van der Waals surface area contributed by atoms with Crippen LogP contribution in [0, 0.1) is 23.7 Å². The van der Waals surface area contributed by atoms with Gasteiger partial charge in [-0.2, -0.15) is 0 Å². The summed E-state index contributed by atoms with van der Waals surface area (Å²) in [6.07, 6.45) is 7.47. The highest BCUT2D eigenvalue weighted by Gasteiger charge is 2.58. The number of hydrogen-bond acceptors (Lipinski definition) is 4. The summed E-state index contributed by atoms with van der Waals surface area (Å²) in [4.78, 5) is 32.0. The second kappa shape index (κ2) is 9.64. The largest absolute Gasteiger partial charge is 0.497 e. The molecule has 4 aliphatic rings. The highest BCUT2D eigenvalue weighted by Crippen LogP contribution is 2.52. The topological polar surface area (TPSA) is 83.0 Å². The number of halogens is 1. The summed E-state index contributed by atoms with van der Waals surface area (Å²) >= 11 is 0. The van der Waals surface area contributed by atoms with E-state index in [9.17, 15) is 9.59 Å². The Morgan fingerprint density at radius 1 is 1.09 bits per heavy atom. The monoisotopic (exact) mass is 564 g/mol. The summed E-state index contributed by atoms with van der Waals surface area (Å²) in [6, 6.07) is 8.27. The van der Waals surface area contributed by atoms with Crippen LogP contribution in [0.25, 0.3) is 0 Å². The van der Waals surface area contributed by atoms with Gasteiger partial charge in [-0.25, -0.2) is 0 Å². The van der Waals surface area contributed by atoms with Crippen LogP contribution in [0.3, 0.4) is 0 Å². The van der Waals surface area contributed by atoms with E-state index in [0.717, 1.165) is 37.5 Å². The fraction of sp³-hybridized carbons (Fsp3) is 0.560. The number of nitrogens with one attached hydrogen (secondary N) is 2. The zero-order valence-electron chi connectivity index (χ0n) is 19.3. The van der Waals surface area contributed by atoms with E-state index in [4.69, 9.17) is 9.73 Å². The van der Waals surface area contributed by atoms with Crippen molar-refractivity contribution in [1.29, 1.82) is 0 Å². The number of ether oxygens (including phenoxy) is 1. The molecule has 8 heteroatoms. The number of rotatable bonds is 8. The summed E-state index contributed by atoms with van der Waals surface area (Å²) in [5, 5.41) is 6.60. The van der Waals surface area contributed by atoms with Crippen LogP contribution in [-0.2, 0) is 15.0 Å². The molecule has 2 bridgehead atoms. The van der Waals surface area contributed by atoms with E-state index in [-0.39, 0.29) is 64.9 Å². The van der Waals surface area contributed by atoms with Crippen molar-refractivity contribution in [2.24, 2.45) is 28.7 Å². The molecule has 1 heterocycles. The fourth-order valence-corrected chi connectivity index (χ4v) is 5.68. The van der Waals surface area contributed by atoms with Crippen molar-refractivity contribution in [2.75, 3.05) is 33.3 Å². The molecule has 1 saturated heterocycles. The van der Waals surface area contributed by atoms with Crippen molar-refractivity contribution in [1.82, 2.24) is 15.5 Å². The standard InChI is InChI=1S/C25H32N4O3.HI/c1-3-26-24(28-15-25(10-11-25)18-6-8-19(32-2)9-7-18)27-12-13-29-22(30)20-16-4-5-17(14-16)21(20)23(29)31;/h4-9,16-17,20-21H,3,10-15H2,1-2H3,(H2,26,27,28);1H. The molecule has 3 aliphatic carbocycles. The van der Waals surface area contributed by atoms with E-state index in [2.05, 4.69) is 34.9 Å². The number of hydrogen-bond donors (Lipinski definition) is 2. The lowest BCUT2D eigenvalue weighted by molar-refractivity contribution is -0.140. The SMILES string of the molecule is CCNC(=NCC1(c2ccc(OC)cc2)CC1)NCCN1C(=O)C2C3C=CC(C3)C2C1=O.I. The maximum Gasteiger partial charge on any atom is 0.233 e. The zero-order chi connectivity index (χ0) is 22.3. The van der Waals surface area contributed by atoms with Gasteiger partial charge in [0.1, 0.15) is 5.75 Å². The second-order valence-electron chi connectivity index (χ2n) is 9.46. The Hall–Kier alpha value is -2.10. The van der Waals surface area contributed by atoms with Crippen LogP contribution in [0.15, 0.2) is 41.4 Å². The number of allylic oxidation sites excluding steroid dienone is 2. The minimum Gasteiger partial charge on any atom is -0.497 e. The van der Waals surface area contributed by atoms with Crippen molar-refractivity contribution in [3.63, 3.8) is 0 Å². The third kappa shape index (κ3) is 4.38. The van der Waals surface area contributed by atoms with Crippen molar-refractivity contribution in [3.8, 4) is 5.75 Å². The highest BCUT2D eigenvalue weighted by molar-refractivity contribution is 14.0. The Labute approximate surface area is 212 Å². The van der Waals surface area contributed by atoms with E-state index < -0.39 is 0 Å². The molecule has 33 heavy (non-hydrogen) atoms. The lowest BCUT2D eigenvalue weighted by atomic mass is 9.85. The molecule has 7 nitrogen and oxygen atoms in total. The van der Waals surface area contributed by atoms with Gasteiger partial charge in [0, 0.05) is 25.0 Å². The van der Waals surface area contributed by atoms with Crippen LogP contribution >= 0.6 is 24.0 Å². The number of carbonyl (C=O) groups is 2. The molecule has 4 atom stereocenters. The first-order valence-electron chi connectivity index (χ1n) is 11.8. The van der Waals surface area contributed by atoms with Crippen molar-refractivity contribution < 1.29 is 14.3 Å². The smallest absolute Gasteiger partial charge is 0.233 e. The number of likely N-dealkylation sites (tertiary alicyclic amines) is 1. The number of fused-ring (bicyclic) bond motifs is 5. The maximum absolute atomic E-state index is 12.8. The Bertz CT molecular complexity index is 927. The second-order valence-corrected chi connectivity index (χ2v) is 9.46. The van der Waals surface area contributed by atoms with Gasteiger partial charge in [-0.05, 0) is 55.7 Å². The first-order chi connectivity index (χ1) is 15.6. The maximum atomic E-state index is 12.8. The Morgan fingerprint density at radius 2 is 1.73 bits per heavy atom. The zero-order valence-corrected chi connectivity index (χ0v) is 21.6. The molecule has 0 radical (unpaired) electrons. The number of benzene rings is 1. The molecule has 2 amide bonds. The number of aliphatic imine (C=N–C) groups is 1. The van der Waals surface area contributed by atoms with Crippen LogP contribution < -0.4 is 15.4 Å². The van der Waals surface area contributed by atoms with Gasteiger partial charge >= 0.3 is 0 Å². The van der Waals surface area contributed by atoms with Gasteiger partial charge in [0.25, 0.3) is 0 Å². The molecule has 0 aromatic heterocycles. The Kier molecular flexibility index (Phi) is 7.02. The Balaban J connectivity index is 0.00000259. The van der Waals surface area contributed by atoms with Gasteiger partial charge in [0.2, 0.25) is 11.8 Å². The van der Waals surface area contributed by atoms with Gasteiger partial charge < -0.3 is 15.4 Å². The van der Waals surface area contributed by atoms with Crippen molar-refractivity contribution >= 4 is 41.8 Å². The van der Waals surface area contributed by atoms with Gasteiger partial charge in [-0.1, -0.05) is 24.3 Å². The lowest BCUT2D eigenvalue weighted by Crippen LogP contribution is -2.44. The fourth-order valence-electron chi connectivity index (χ4n) is 5.68. The van der Waals surface area contributed by atoms with E-state index in [0.29, 0.717) is 19.6 Å². The quantitative estimate of drug-likeness (QED) is 0.167. The summed E-state index contributed by atoms with van der Waals surface area (Å²) in [6.45, 7) is 4.38. The molecule has 4 unspecified atom stereocenters. The summed E-state index contributed by atoms with van der Waals surface area (Å²) in [7, 11) is 1.68. The molecule has 1 aliphatic heterocycles. The molecule has 5 rings (SSSR count). The van der Waals surface area contributed by atoms with Gasteiger partial charge in [-0.15, -0.1) is 24.0 Å². The van der Waals surface area contributed by atoms with Crippen LogP contribution in [0.4, 0.5) is 0 Å². The lowest BCUT2D eigenvalue weighted by Gasteiger charge is -2.19. The number of nitrogens with zero attached hydrogens (tertiary/aromatic N) is 2. The van der Waals surface area contributed by atoms with Crippen LogP contribution in [0.1, 0.15) is 31.7 Å². The van der Waals surface area contributed by atoms with Gasteiger partial charge in [0.15, 0.2) is 5.96 Å². The van der Waals surface area contributed by atoms with E-state index in [1.807, 2.05) is 19.1 Å². The molecule has 2 saturated carbocycles. The van der Waals surface area contributed by atoms with Gasteiger partial charge in [0.05, 0.1) is 25.5 Å². The highest BCUT2D eigenvalue weighted by atomic mass is 127. The molecule has 1 aromatic carbocycles. The number of guanidine groups is 1. The van der Waals surface area contributed by atoms with Gasteiger partial charge in [-0.3, -0.25) is 19.5 Å². The molecule has 3 fully saturated rings. The van der Waals surface area contributed by atoms with Crippen molar-refractivity contribution in [2.45, 2.75) is 31.6 Å². The molecular weight excluding hydrogens is 531 g/mol. The molecule has 178 valence electrons. The van der Waals surface area contributed by atoms with Crippen LogP contribution in [-0.4, -0.2) is 56.0 Å². The average molecular weight is 564 g/mol. The van der Waals surface area contributed by atoms with Crippen molar-refractivity contribution in [3.05, 3.63) is 42.0 Å². The Morgan fingerprint density at radius 3 is 2.27 bits per heavy atom. The number of imide groups is 1. The predicted octanol–water partition coefficient (Wildman–Crippen LogP) is 2.71. The van der Waals surface area contributed by atoms with E-state index >= 15 is 0 Å². The predicted molar refractivity (Wildman–Crippen MR) is 138 cm³/mol. The number of methoxy groups -OCH3 is 1. The first-order valence-corrected chi connectivity index (χ1v) is 11.8. The molecule has 0 spiro atoms. The first kappa shape index (κ1) is 24.0. The number of carbonyl (C=O) groups excluding carboxylic acids is 2. The third-order valence-electron chi connectivity index (χ3n) is 7.63. The molecule has 2 N–H and O–H groups in total. The molecular formula is C25H33IN4O3. The minimum atomic E-state index is -0.126. The minimum absolute atomic E-state index is 0. The third-order valence-corrected chi connectivity index (χ3v) is 7.63. The summed E-state index contributed by atoms with van der Waals surface area (Å²) < 4.78 is 5.27. The van der Waals surface area contributed by atoms with E-state index in [1.165, 1.54) is 10.5 Å². The summed E-state index contributed by atoms with van der Waals surface area (Å²) in [5.74, 6) is 1.87. The molecule has 1 aromatic rings. The summed E-state index contributed by atoms with van der Waals surface area (Å²) in [5.41, 5.74) is 1.39. The van der Waals surface area contributed by atoms with E-state index in [1.54, 1.807) is 7.11 Å².